The summed E-state index contributed by atoms with van der Waals surface area (Å²) in [6, 6.07) is 11.2. The minimum Gasteiger partial charge on any atom is -0.488 e. The summed E-state index contributed by atoms with van der Waals surface area (Å²) >= 11 is 3.52. The van der Waals surface area contributed by atoms with Gasteiger partial charge >= 0.3 is 0 Å². The third kappa shape index (κ3) is 3.12. The minimum absolute atomic E-state index is 0.178. The fraction of sp³-hybridized carbons (Fsp3) is 0.292. The molecule has 8 heteroatoms. The molecule has 2 fully saturated rings. The number of nitrogens with zero attached hydrogens (tertiary/aromatic N) is 2. The maximum absolute atomic E-state index is 12.7. The van der Waals surface area contributed by atoms with Crippen LogP contribution in [0, 0.1) is 23.7 Å². The number of halogens is 1. The van der Waals surface area contributed by atoms with Gasteiger partial charge in [-0.2, -0.15) is 10.1 Å². The van der Waals surface area contributed by atoms with E-state index in [-0.39, 0.29) is 42.3 Å². The third-order valence-corrected chi connectivity index (χ3v) is 7.18. The van der Waals surface area contributed by atoms with Crippen molar-refractivity contribution in [2.45, 2.75) is 13.0 Å². The fourth-order valence-corrected chi connectivity index (χ4v) is 5.54. The van der Waals surface area contributed by atoms with Crippen molar-refractivity contribution in [3.63, 3.8) is 0 Å². The number of imide groups is 1. The molecule has 32 heavy (non-hydrogen) atoms. The predicted octanol–water partition coefficient (Wildman–Crippen LogP) is 3.90. The first kappa shape index (κ1) is 19.5. The Bertz CT molecular complexity index is 1160. The SMILES string of the molecule is O=C1[C@@H]2[C@H](C(=O)N1N=Cc1ccc(OCc3ccc4c(c3)OCO4)c(Br)c1)[C@H]1C=C[C@H]2C1. The number of amides is 2. The number of hydrazone groups is 1. The van der Waals surface area contributed by atoms with Crippen LogP contribution in [0.15, 0.2) is 58.1 Å². The number of benzene rings is 2. The molecule has 0 radical (unpaired) electrons. The van der Waals surface area contributed by atoms with Crippen LogP contribution in [-0.2, 0) is 16.2 Å². The van der Waals surface area contributed by atoms with Crippen molar-refractivity contribution in [1.82, 2.24) is 5.01 Å². The molecule has 2 amide bonds. The van der Waals surface area contributed by atoms with Gasteiger partial charge in [-0.15, -0.1) is 0 Å². The lowest BCUT2D eigenvalue weighted by molar-refractivity contribution is -0.140. The Balaban J connectivity index is 1.13. The number of hydrogen-bond donors (Lipinski definition) is 0. The van der Waals surface area contributed by atoms with Gasteiger partial charge in [0, 0.05) is 0 Å². The summed E-state index contributed by atoms with van der Waals surface area (Å²) in [5, 5.41) is 5.28. The molecule has 2 bridgehead atoms. The Morgan fingerprint density at radius 1 is 1.03 bits per heavy atom. The highest BCUT2D eigenvalue weighted by molar-refractivity contribution is 9.10. The van der Waals surface area contributed by atoms with Crippen LogP contribution in [0.25, 0.3) is 0 Å². The largest absolute Gasteiger partial charge is 0.488 e. The Hall–Kier alpha value is -3.13. The van der Waals surface area contributed by atoms with Gasteiger partial charge in [-0.25, -0.2) is 0 Å². The Labute approximate surface area is 192 Å². The zero-order valence-corrected chi connectivity index (χ0v) is 18.5. The van der Waals surface area contributed by atoms with Crippen molar-refractivity contribution in [3.8, 4) is 17.2 Å². The van der Waals surface area contributed by atoms with Gasteiger partial charge in [0.05, 0.1) is 22.5 Å². The molecule has 162 valence electrons. The molecule has 7 nitrogen and oxygen atoms in total. The van der Waals surface area contributed by atoms with E-state index in [4.69, 9.17) is 14.2 Å². The molecule has 0 spiro atoms. The van der Waals surface area contributed by atoms with E-state index in [0.717, 1.165) is 38.5 Å². The van der Waals surface area contributed by atoms with Crippen molar-refractivity contribution in [2.24, 2.45) is 28.8 Å². The van der Waals surface area contributed by atoms with Gasteiger partial charge in [0.25, 0.3) is 11.8 Å². The van der Waals surface area contributed by atoms with Crippen LogP contribution in [-0.4, -0.2) is 29.8 Å². The number of ether oxygens (including phenoxy) is 3. The first-order valence-corrected chi connectivity index (χ1v) is 11.3. The van der Waals surface area contributed by atoms with E-state index in [1.54, 1.807) is 6.21 Å². The minimum atomic E-state index is -0.242. The van der Waals surface area contributed by atoms with E-state index in [9.17, 15) is 9.59 Å². The van der Waals surface area contributed by atoms with Gasteiger partial charge in [0.2, 0.25) is 6.79 Å². The normalized spacial score (nSPS) is 27.1. The summed E-state index contributed by atoms with van der Waals surface area (Å²) in [6.07, 6.45) is 6.59. The maximum Gasteiger partial charge on any atom is 0.254 e. The van der Waals surface area contributed by atoms with E-state index < -0.39 is 0 Å². The second-order valence-electron chi connectivity index (χ2n) is 8.40. The molecule has 2 aromatic rings. The summed E-state index contributed by atoms with van der Waals surface area (Å²) in [6.45, 7) is 0.612. The number of hydrogen-bond acceptors (Lipinski definition) is 6. The quantitative estimate of drug-likeness (QED) is 0.357. The smallest absolute Gasteiger partial charge is 0.254 e. The van der Waals surface area contributed by atoms with Crippen LogP contribution in [0.4, 0.5) is 0 Å². The third-order valence-electron chi connectivity index (χ3n) is 6.56. The number of carbonyl (C=O) groups is 2. The van der Waals surface area contributed by atoms with Crippen LogP contribution in [0.3, 0.4) is 0 Å². The topological polar surface area (TPSA) is 77.4 Å². The van der Waals surface area contributed by atoms with Gasteiger partial charge in [-0.05, 0) is 75.6 Å². The number of carbonyl (C=O) groups excluding carboxylic acids is 2. The Morgan fingerprint density at radius 2 is 1.78 bits per heavy atom. The lowest BCUT2D eigenvalue weighted by Gasteiger charge is -2.13. The molecule has 4 aliphatic rings. The number of allylic oxidation sites excluding steroid dienone is 2. The van der Waals surface area contributed by atoms with E-state index in [1.165, 1.54) is 0 Å². The second-order valence-corrected chi connectivity index (χ2v) is 9.25. The Morgan fingerprint density at radius 3 is 2.53 bits per heavy atom. The van der Waals surface area contributed by atoms with Crippen molar-refractivity contribution in [1.29, 1.82) is 0 Å². The number of rotatable bonds is 5. The molecule has 0 unspecified atom stereocenters. The van der Waals surface area contributed by atoms with Crippen LogP contribution in [0.1, 0.15) is 17.5 Å². The monoisotopic (exact) mass is 494 g/mol. The lowest BCUT2D eigenvalue weighted by atomic mass is 9.85. The summed E-state index contributed by atoms with van der Waals surface area (Å²) in [4.78, 5) is 25.5. The van der Waals surface area contributed by atoms with Crippen molar-refractivity contribution >= 4 is 34.0 Å². The summed E-state index contributed by atoms with van der Waals surface area (Å²) in [7, 11) is 0. The van der Waals surface area contributed by atoms with Crippen LogP contribution >= 0.6 is 15.9 Å². The second kappa shape index (κ2) is 7.48. The van der Waals surface area contributed by atoms with Gasteiger partial charge in [0.15, 0.2) is 11.5 Å². The van der Waals surface area contributed by atoms with Crippen LogP contribution in [0.2, 0.25) is 0 Å². The number of fused-ring (bicyclic) bond motifs is 6. The van der Waals surface area contributed by atoms with Gasteiger partial charge in [0.1, 0.15) is 12.4 Å². The molecule has 2 aromatic carbocycles. The van der Waals surface area contributed by atoms with Gasteiger partial charge in [-0.1, -0.05) is 18.2 Å². The molecular formula is C24H19BrN2O5. The molecule has 2 aliphatic carbocycles. The van der Waals surface area contributed by atoms with Gasteiger partial charge < -0.3 is 14.2 Å². The lowest BCUT2D eigenvalue weighted by Crippen LogP contribution is -2.28. The van der Waals surface area contributed by atoms with E-state index in [2.05, 4.69) is 33.2 Å². The zero-order valence-electron chi connectivity index (χ0n) is 16.9. The molecule has 1 saturated carbocycles. The molecule has 4 atom stereocenters. The van der Waals surface area contributed by atoms with E-state index in [1.807, 2.05) is 36.4 Å². The van der Waals surface area contributed by atoms with E-state index >= 15 is 0 Å². The molecule has 2 heterocycles. The predicted molar refractivity (Wildman–Crippen MR) is 118 cm³/mol. The zero-order chi connectivity index (χ0) is 21.8. The average Bonchev–Trinajstić information content (AvgIpc) is 3.56. The first-order chi connectivity index (χ1) is 15.6. The van der Waals surface area contributed by atoms with Crippen LogP contribution < -0.4 is 14.2 Å². The first-order valence-electron chi connectivity index (χ1n) is 10.5. The highest BCUT2D eigenvalue weighted by atomic mass is 79.9. The average molecular weight is 495 g/mol. The maximum atomic E-state index is 12.7. The summed E-state index contributed by atoms with van der Waals surface area (Å²) < 4.78 is 17.4. The molecule has 0 aromatic heterocycles. The Kier molecular flexibility index (Phi) is 4.57. The summed E-state index contributed by atoms with van der Waals surface area (Å²) in [5.74, 6) is 1.63. The highest BCUT2D eigenvalue weighted by Gasteiger charge is 2.59. The molecule has 6 rings (SSSR count). The van der Waals surface area contributed by atoms with Gasteiger partial charge in [-0.3, -0.25) is 9.59 Å². The van der Waals surface area contributed by atoms with Crippen LogP contribution in [0.5, 0.6) is 17.2 Å². The van der Waals surface area contributed by atoms with Crippen molar-refractivity contribution in [3.05, 3.63) is 64.1 Å². The molecular weight excluding hydrogens is 476 g/mol. The van der Waals surface area contributed by atoms with Crippen molar-refractivity contribution < 1.29 is 23.8 Å². The standard InChI is InChI=1S/C24H19BrN2O5/c25-17-7-13(1-5-18(17)30-11-14-2-6-19-20(8-14)32-12-31-19)10-26-27-23(28)21-15-3-4-16(9-15)22(21)24(27)29/h1-8,10,15-16,21-22H,9,11-12H2/t15-,16-,21-,22+/m0/s1. The molecule has 2 aliphatic heterocycles. The van der Waals surface area contributed by atoms with E-state index in [0.29, 0.717) is 12.4 Å². The highest BCUT2D eigenvalue weighted by Crippen LogP contribution is 2.52. The summed E-state index contributed by atoms with van der Waals surface area (Å²) in [5.41, 5.74) is 1.72. The fourth-order valence-electron chi connectivity index (χ4n) is 5.03. The molecule has 0 N–H and O–H groups in total. The molecule has 1 saturated heterocycles. The van der Waals surface area contributed by atoms with Crippen molar-refractivity contribution in [2.75, 3.05) is 6.79 Å².